The molecule has 4 aliphatic rings. The van der Waals surface area contributed by atoms with Gasteiger partial charge in [-0.15, -0.1) is 39.5 Å². The van der Waals surface area contributed by atoms with Crippen molar-refractivity contribution in [3.8, 4) is 68.0 Å². The summed E-state index contributed by atoms with van der Waals surface area (Å²) < 4.78 is 144. The lowest BCUT2D eigenvalue weighted by atomic mass is 10.0. The lowest BCUT2D eigenvalue weighted by Crippen LogP contribution is -2.22. The molecule has 0 unspecified atom stereocenters. The molecule has 41 heteroatoms. The van der Waals surface area contributed by atoms with Crippen LogP contribution in [-0.4, -0.2) is 185 Å². The van der Waals surface area contributed by atoms with Crippen molar-refractivity contribution in [2.45, 2.75) is 80.1 Å². The normalized spacial score (nSPS) is 16.3. The molecule has 0 radical (unpaired) electrons. The lowest BCUT2D eigenvalue weighted by Gasteiger charge is -2.22. The van der Waals surface area contributed by atoms with Crippen molar-refractivity contribution in [3.63, 3.8) is 0 Å². The van der Waals surface area contributed by atoms with Crippen molar-refractivity contribution >= 4 is 104 Å². The maximum atomic E-state index is 14.3. The number of anilines is 8. The van der Waals surface area contributed by atoms with Gasteiger partial charge in [0.05, 0.1) is 47.7 Å². The van der Waals surface area contributed by atoms with Crippen LogP contribution in [0.25, 0.3) is 45.0 Å². The van der Waals surface area contributed by atoms with Gasteiger partial charge >= 0.3 is 23.1 Å². The number of nitrogens with zero attached hydrogens (tertiary/aromatic N) is 8. The zero-order valence-electron chi connectivity index (χ0n) is 66.0. The summed E-state index contributed by atoms with van der Waals surface area (Å²) >= 11 is 14.2. The number of aromatic nitrogens is 8. The van der Waals surface area contributed by atoms with Gasteiger partial charge in [-0.25, -0.2) is 4.39 Å². The zero-order valence-corrected chi connectivity index (χ0v) is 68.2. The van der Waals surface area contributed by atoms with Gasteiger partial charge in [0.2, 0.25) is 0 Å². The molecule has 0 saturated carbocycles. The number of aryl methyl sites for hydroxylation is 1. The summed E-state index contributed by atoms with van der Waals surface area (Å²) in [6.45, 7) is 6.51. The van der Waals surface area contributed by atoms with E-state index < -0.39 is 59.0 Å². The zero-order chi connectivity index (χ0) is 89.8. The number of aliphatic hydroxyl groups excluding tert-OH is 4. The van der Waals surface area contributed by atoms with Crippen molar-refractivity contribution in [2.24, 2.45) is 0 Å². The number of carbonyl (C=O) groups excluding carboxylic acids is 4. The highest BCUT2D eigenvalue weighted by Crippen LogP contribution is 2.40. The number of hydrogen-bond donors (Lipinski definition) is 12. The van der Waals surface area contributed by atoms with E-state index in [2.05, 4.69) is 90.8 Å². The van der Waals surface area contributed by atoms with E-state index in [1.807, 2.05) is 41.0 Å². The molecule has 4 amide bonds. The second-order valence-corrected chi connectivity index (χ2v) is 30.4. The van der Waals surface area contributed by atoms with Crippen molar-refractivity contribution in [3.05, 3.63) is 240 Å². The first kappa shape index (κ1) is 90.6. The Labute approximate surface area is 725 Å². The first-order valence-electron chi connectivity index (χ1n) is 38.6. The molecule has 8 aromatic carbocycles. The largest absolute Gasteiger partial charge is 0.573 e. The standard InChI is InChI=1S/C22H21ClF2N4O3.C21H18ClF3N4O3.C21H19ClF2N4O3.C21H19F3N4O3/c1-13-10-19(28-27-13)18-11-14(2-7-20(18)29-9-8-16(30)12-29)21(31)26-15-3-5-17(6-4-15)32-22(23,24)25;22-21(24,25)32-15-4-2-13(3-5-15)27-20(31)12-1-6-18(29-8-7-14(30)11-29)16(9-12)19-17(23)10-26-28-19;2*22-21(23,24)31-16-4-2-14(3-5-16)26-20(30)13-1-6-19(28-10-8-15(29)12-28)17(11-13)18-7-9-25-27-18/h2-7,10-11,16,30H,8-9,12H2,1H3,(H,26,31)(H,27,28);1-6,9-10,14,30H,7-8,11H2,(H,26,28)(H,27,31);2*1-7,9,11,15,29H,8,10,12H2,(H,25,27)(H,26,30)/t16-;14-;2*15-/m1111/s1. The Hall–Kier alpha value is -13.1. The van der Waals surface area contributed by atoms with E-state index in [0.29, 0.717) is 134 Å². The molecule has 28 nitrogen and oxygen atoms in total. The first-order chi connectivity index (χ1) is 59.9. The SMILES string of the molecule is Cc1cc(-c2cc(C(=O)Nc3ccc(OC(F)(F)Cl)cc3)ccc2N2CC[C@@H](O)C2)n[nH]1.O=C(Nc1ccc(OC(F)(F)Cl)cc1)c1ccc(N2CC[C@@H](O)C2)c(-c2[nH]ncc2F)c1.O=C(Nc1ccc(OC(F)(F)Cl)cc1)c1ccc(N2CC[C@@H](O)C2)c(-c2ccn[nH]2)c1.O=C(Nc1ccc(OC(F)(F)F)cc1)c1ccc(N2CC[C@@H](O)C2)c(-c2ccn[nH]2)c1. The highest BCUT2D eigenvalue weighted by molar-refractivity contribution is 6.21. The molecule has 660 valence electrons. The van der Waals surface area contributed by atoms with Gasteiger partial charge in [-0.2, -0.15) is 20.4 Å². The predicted molar refractivity (Wildman–Crippen MR) is 451 cm³/mol. The number of carbonyl (C=O) groups is 4. The first-order valence-corrected chi connectivity index (χ1v) is 39.8. The van der Waals surface area contributed by atoms with Crippen molar-refractivity contribution < 1.29 is 102 Å². The summed E-state index contributed by atoms with van der Waals surface area (Å²) in [5.41, 5.74) is 0.633. The monoisotopic (exact) mass is 1810 g/mol. The number of alkyl halides is 12. The molecule has 4 saturated heterocycles. The van der Waals surface area contributed by atoms with Crippen molar-refractivity contribution in [1.82, 2.24) is 40.8 Å². The van der Waals surface area contributed by atoms with Crippen LogP contribution >= 0.6 is 34.8 Å². The van der Waals surface area contributed by atoms with E-state index in [1.165, 1.54) is 91.0 Å². The Morgan fingerprint density at radius 1 is 0.389 bits per heavy atom. The number of aliphatic hydroxyl groups is 4. The number of hydrogen-bond acceptors (Lipinski definition) is 20. The number of benzene rings is 8. The van der Waals surface area contributed by atoms with Gasteiger partial charge < -0.3 is 80.2 Å². The maximum absolute atomic E-state index is 14.3. The molecular formula is C85H77Cl3F10N16O12. The molecular weight excluding hydrogens is 1730 g/mol. The van der Waals surface area contributed by atoms with Gasteiger partial charge in [-0.1, -0.05) is 0 Å². The smallest absolute Gasteiger partial charge is 0.420 e. The molecule has 4 aliphatic heterocycles. The molecule has 12 aromatic rings. The average molecular weight is 1810 g/mol. The lowest BCUT2D eigenvalue weighted by molar-refractivity contribution is -0.274. The van der Waals surface area contributed by atoms with Crippen LogP contribution in [0.15, 0.2) is 207 Å². The van der Waals surface area contributed by atoms with Crippen LogP contribution in [0.3, 0.4) is 0 Å². The van der Waals surface area contributed by atoms with Gasteiger partial charge in [0.1, 0.15) is 28.7 Å². The molecule has 4 aromatic heterocycles. The highest BCUT2D eigenvalue weighted by Gasteiger charge is 2.35. The average Bonchev–Trinajstić information content (AvgIpc) is 1.58. The fraction of sp³-hybridized carbons (Fsp3) is 0.247. The number of aromatic amines is 4. The van der Waals surface area contributed by atoms with Gasteiger partial charge in [0, 0.05) is 195 Å². The minimum Gasteiger partial charge on any atom is -0.420 e. The molecule has 12 N–H and O–H groups in total. The van der Waals surface area contributed by atoms with Crippen LogP contribution < -0.4 is 59.8 Å². The van der Waals surface area contributed by atoms with Gasteiger partial charge in [0.15, 0.2) is 5.82 Å². The van der Waals surface area contributed by atoms with E-state index in [4.69, 9.17) is 34.8 Å². The van der Waals surface area contributed by atoms with Crippen molar-refractivity contribution in [2.75, 3.05) is 93.2 Å². The number of ether oxygens (including phenoxy) is 4. The number of rotatable bonds is 23. The molecule has 0 spiro atoms. The fourth-order valence-corrected chi connectivity index (χ4v) is 14.4. The van der Waals surface area contributed by atoms with Crippen LogP contribution in [-0.2, 0) is 0 Å². The topological polar surface area (TPSA) is 362 Å². The van der Waals surface area contributed by atoms with Gasteiger partial charge in [0.25, 0.3) is 23.6 Å². The van der Waals surface area contributed by atoms with Crippen molar-refractivity contribution in [1.29, 1.82) is 0 Å². The predicted octanol–water partition coefficient (Wildman–Crippen LogP) is 16.4. The van der Waals surface area contributed by atoms with Crippen LogP contribution in [0.2, 0.25) is 0 Å². The summed E-state index contributed by atoms with van der Waals surface area (Å²) in [5, 5.41) is 77.6. The number of halogens is 13. The quantitative estimate of drug-likeness (QED) is 0.0209. The third kappa shape index (κ3) is 24.9. The third-order valence-corrected chi connectivity index (χ3v) is 20.1. The van der Waals surface area contributed by atoms with E-state index in [1.54, 1.807) is 73.1 Å². The number of amides is 4. The number of nitrogens with one attached hydrogen (secondary N) is 8. The molecule has 126 heavy (non-hydrogen) atoms. The second-order valence-electron chi connectivity index (χ2n) is 29.1. The van der Waals surface area contributed by atoms with Crippen LogP contribution in [0.5, 0.6) is 23.0 Å². The Morgan fingerprint density at radius 3 is 0.952 bits per heavy atom. The Balaban J connectivity index is 0.000000144. The summed E-state index contributed by atoms with van der Waals surface area (Å²) in [6.07, 6.45) is 0.441. The number of H-pyrrole nitrogens is 4. The summed E-state index contributed by atoms with van der Waals surface area (Å²) in [7, 11) is 0. The van der Waals surface area contributed by atoms with E-state index >= 15 is 0 Å². The molecule has 4 atom stereocenters. The second kappa shape index (κ2) is 39.4. The maximum Gasteiger partial charge on any atom is 0.573 e. The fourth-order valence-electron chi connectivity index (χ4n) is 14.1. The molecule has 0 aliphatic carbocycles. The molecule has 4 fully saturated rings. The highest BCUT2D eigenvalue weighted by atomic mass is 35.5. The summed E-state index contributed by atoms with van der Waals surface area (Å²) in [5.74, 6) is -3.02. The van der Waals surface area contributed by atoms with Crippen LogP contribution in [0.4, 0.5) is 89.4 Å². The summed E-state index contributed by atoms with van der Waals surface area (Å²) in [6, 6.07) is 47.0. The Kier molecular flexibility index (Phi) is 28.3. The third-order valence-electron chi connectivity index (χ3n) is 19.9. The minimum absolute atomic E-state index is 0.125. The Bertz CT molecular complexity index is 5570. The number of β-amino-alcohol motifs (C(OH)–C–C–N with tert-alkyl or cyclic N) is 4. The Morgan fingerprint density at radius 2 is 0.690 bits per heavy atom. The van der Waals surface area contributed by atoms with E-state index in [9.17, 15) is 83.5 Å². The molecule has 0 bridgehead atoms. The molecule has 8 heterocycles. The summed E-state index contributed by atoms with van der Waals surface area (Å²) in [4.78, 5) is 59.2. The van der Waals surface area contributed by atoms with Gasteiger partial charge in [-0.05, 0) is 221 Å². The molecule has 16 rings (SSSR count). The van der Waals surface area contributed by atoms with Crippen LogP contribution in [0.1, 0.15) is 72.8 Å². The minimum atomic E-state index is -4.78. The van der Waals surface area contributed by atoms with E-state index in [-0.39, 0.29) is 52.2 Å². The van der Waals surface area contributed by atoms with Gasteiger partial charge in [-0.3, -0.25) is 39.6 Å². The van der Waals surface area contributed by atoms with Crippen LogP contribution in [0, 0.1) is 12.7 Å². The van der Waals surface area contributed by atoms with E-state index in [0.717, 1.165) is 69.2 Å².